The van der Waals surface area contributed by atoms with Crippen LogP contribution in [0.2, 0.25) is 0 Å². The fourth-order valence-corrected chi connectivity index (χ4v) is 4.28. The number of carboxylic acids is 2. The summed E-state index contributed by atoms with van der Waals surface area (Å²) in [6.07, 6.45) is -6.36. The van der Waals surface area contributed by atoms with Gasteiger partial charge in [0.15, 0.2) is 0 Å². The Morgan fingerprint density at radius 3 is 1.93 bits per heavy atom. The first-order valence-corrected chi connectivity index (χ1v) is 12.7. The van der Waals surface area contributed by atoms with Gasteiger partial charge in [-0.25, -0.2) is 9.59 Å². The maximum Gasteiger partial charge on any atom is 0.490 e. The number of benzene rings is 2. The van der Waals surface area contributed by atoms with Crippen LogP contribution in [0.1, 0.15) is 17.2 Å². The van der Waals surface area contributed by atoms with Gasteiger partial charge in [-0.1, -0.05) is 40.2 Å². The summed E-state index contributed by atoms with van der Waals surface area (Å²) in [4.78, 5) is 39.2. The number of alkyl halides is 6. The molecular formula is C26H25BrF6N4O5. The zero-order valence-corrected chi connectivity index (χ0v) is 23.4. The number of piperazine rings is 1. The molecule has 1 aliphatic heterocycles. The van der Waals surface area contributed by atoms with Crippen LogP contribution >= 0.6 is 15.9 Å². The number of carbonyl (C=O) groups is 3. The predicted molar refractivity (Wildman–Crippen MR) is 144 cm³/mol. The number of anilines is 1. The Morgan fingerprint density at radius 1 is 0.905 bits per heavy atom. The predicted octanol–water partition coefficient (Wildman–Crippen LogP) is 4.92. The van der Waals surface area contributed by atoms with E-state index < -0.39 is 30.3 Å². The standard InChI is InChI=1S/C22H23BrN4O.2C2HF3O2/c1-15-13-25-14-17-5-3-7-19(20(15)17)26-8-10-27(11-9-26)22(28)21(24)16-4-2-6-18(23)12-16;2*3-2(4,5)1(6)7/h2-7,12-14,21H,8-11,24H2,1H3;2*(H,6,7). The van der Waals surface area contributed by atoms with E-state index in [1.54, 1.807) is 0 Å². The number of halogens is 7. The molecule has 2 heterocycles. The van der Waals surface area contributed by atoms with E-state index in [1.807, 2.05) is 41.6 Å². The molecule has 1 aliphatic rings. The van der Waals surface area contributed by atoms with Crippen molar-refractivity contribution in [2.45, 2.75) is 25.3 Å². The Bertz CT molecular complexity index is 1380. The van der Waals surface area contributed by atoms with Crippen LogP contribution in [0.15, 0.2) is 59.3 Å². The average Bonchev–Trinajstić information content (AvgIpc) is 2.92. The van der Waals surface area contributed by atoms with Crippen molar-refractivity contribution >= 4 is 50.2 Å². The topological polar surface area (TPSA) is 137 Å². The lowest BCUT2D eigenvalue weighted by atomic mass is 10.0. The average molecular weight is 667 g/mol. The summed E-state index contributed by atoms with van der Waals surface area (Å²) in [5.74, 6) is -5.53. The molecule has 3 aromatic rings. The van der Waals surface area contributed by atoms with Crippen LogP contribution in [-0.2, 0) is 14.4 Å². The van der Waals surface area contributed by atoms with Gasteiger partial charge in [0.1, 0.15) is 6.04 Å². The largest absolute Gasteiger partial charge is 0.490 e. The molecule has 1 amide bonds. The van der Waals surface area contributed by atoms with Gasteiger partial charge in [0.2, 0.25) is 5.91 Å². The number of nitrogens with zero attached hydrogens (tertiary/aromatic N) is 3. The van der Waals surface area contributed by atoms with Crippen molar-refractivity contribution in [2.75, 3.05) is 31.1 Å². The quantitative estimate of drug-likeness (QED) is 0.335. The second-order valence-corrected chi connectivity index (χ2v) is 9.70. The van der Waals surface area contributed by atoms with Crippen molar-refractivity contribution < 1.29 is 50.9 Å². The summed E-state index contributed by atoms with van der Waals surface area (Å²) in [5, 5.41) is 16.6. The summed E-state index contributed by atoms with van der Waals surface area (Å²) >= 11 is 3.44. The summed E-state index contributed by atoms with van der Waals surface area (Å²) in [6, 6.07) is 13.3. The van der Waals surface area contributed by atoms with E-state index in [-0.39, 0.29) is 5.91 Å². The number of aliphatic carboxylic acids is 2. The van der Waals surface area contributed by atoms with Gasteiger partial charge in [-0.3, -0.25) is 9.78 Å². The van der Waals surface area contributed by atoms with Gasteiger partial charge in [-0.05, 0) is 36.2 Å². The third-order valence-electron chi connectivity index (χ3n) is 5.84. The minimum atomic E-state index is -5.08. The monoisotopic (exact) mass is 666 g/mol. The zero-order valence-electron chi connectivity index (χ0n) is 21.8. The molecule has 4 N–H and O–H groups in total. The Labute approximate surface area is 243 Å². The lowest BCUT2D eigenvalue weighted by Gasteiger charge is -2.37. The van der Waals surface area contributed by atoms with E-state index in [4.69, 9.17) is 25.5 Å². The number of amides is 1. The highest BCUT2D eigenvalue weighted by molar-refractivity contribution is 9.10. The number of nitrogens with two attached hydrogens (primary N) is 1. The van der Waals surface area contributed by atoms with E-state index in [9.17, 15) is 31.1 Å². The second kappa shape index (κ2) is 14.3. The van der Waals surface area contributed by atoms with Gasteiger partial charge in [0.25, 0.3) is 0 Å². The van der Waals surface area contributed by atoms with Crippen molar-refractivity contribution in [3.63, 3.8) is 0 Å². The van der Waals surface area contributed by atoms with E-state index >= 15 is 0 Å². The minimum Gasteiger partial charge on any atom is -0.475 e. The van der Waals surface area contributed by atoms with Crippen molar-refractivity contribution in [2.24, 2.45) is 5.73 Å². The third-order valence-corrected chi connectivity index (χ3v) is 6.33. The van der Waals surface area contributed by atoms with Gasteiger partial charge < -0.3 is 25.7 Å². The SMILES string of the molecule is Cc1cncc2cccc(N3CCN(C(=O)C(N)c4cccc(Br)c4)CC3)c12.O=C(O)C(F)(F)F.O=C(O)C(F)(F)F. The Morgan fingerprint density at radius 2 is 1.43 bits per heavy atom. The number of aryl methyl sites for hydroxylation is 1. The number of carboxylic acid groups (broad SMARTS) is 2. The number of hydrogen-bond acceptors (Lipinski definition) is 6. The van der Waals surface area contributed by atoms with Gasteiger partial charge in [0, 0.05) is 59.5 Å². The molecule has 228 valence electrons. The van der Waals surface area contributed by atoms with Gasteiger partial charge >= 0.3 is 24.3 Å². The molecule has 1 unspecified atom stereocenters. The molecule has 0 saturated carbocycles. The summed E-state index contributed by atoms with van der Waals surface area (Å²) in [5.41, 5.74) is 9.46. The highest BCUT2D eigenvalue weighted by Crippen LogP contribution is 2.30. The normalized spacial score (nSPS) is 14.2. The first kappa shape index (κ1) is 34.3. The van der Waals surface area contributed by atoms with Crippen LogP contribution in [0.5, 0.6) is 0 Å². The second-order valence-electron chi connectivity index (χ2n) is 8.78. The molecule has 0 spiro atoms. The van der Waals surface area contributed by atoms with Crippen LogP contribution in [0, 0.1) is 6.92 Å². The molecule has 16 heteroatoms. The van der Waals surface area contributed by atoms with Crippen LogP contribution in [-0.4, -0.2) is 76.5 Å². The number of carbonyl (C=O) groups excluding carboxylic acids is 1. The van der Waals surface area contributed by atoms with E-state index in [0.29, 0.717) is 13.1 Å². The maximum absolute atomic E-state index is 12.9. The lowest BCUT2D eigenvalue weighted by molar-refractivity contribution is -0.193. The summed E-state index contributed by atoms with van der Waals surface area (Å²) in [6.45, 7) is 5.01. The van der Waals surface area contributed by atoms with Crippen molar-refractivity contribution in [3.8, 4) is 0 Å². The molecular weight excluding hydrogens is 642 g/mol. The van der Waals surface area contributed by atoms with E-state index in [2.05, 4.69) is 50.9 Å². The zero-order chi connectivity index (χ0) is 31.8. The van der Waals surface area contributed by atoms with Crippen molar-refractivity contribution in [1.82, 2.24) is 9.88 Å². The maximum atomic E-state index is 12.9. The van der Waals surface area contributed by atoms with Gasteiger partial charge in [-0.2, -0.15) is 26.3 Å². The van der Waals surface area contributed by atoms with E-state index in [0.717, 1.165) is 28.5 Å². The van der Waals surface area contributed by atoms with Crippen LogP contribution in [0.3, 0.4) is 0 Å². The van der Waals surface area contributed by atoms with Crippen LogP contribution in [0.25, 0.3) is 10.8 Å². The van der Waals surface area contributed by atoms with Gasteiger partial charge in [-0.15, -0.1) is 0 Å². The molecule has 4 rings (SSSR count). The molecule has 2 aromatic carbocycles. The van der Waals surface area contributed by atoms with Crippen LogP contribution < -0.4 is 10.6 Å². The third kappa shape index (κ3) is 9.58. The molecule has 0 bridgehead atoms. The first-order chi connectivity index (χ1) is 19.4. The molecule has 9 nitrogen and oxygen atoms in total. The molecule has 1 atom stereocenters. The molecule has 0 radical (unpaired) electrons. The Balaban J connectivity index is 0.000000367. The van der Waals surface area contributed by atoms with Gasteiger partial charge in [0.05, 0.1) is 0 Å². The Hall–Kier alpha value is -3.92. The number of hydrogen-bond donors (Lipinski definition) is 3. The fraction of sp³-hybridized carbons (Fsp3) is 0.308. The summed E-state index contributed by atoms with van der Waals surface area (Å²) in [7, 11) is 0. The first-order valence-electron chi connectivity index (χ1n) is 11.9. The number of rotatable bonds is 3. The lowest BCUT2D eigenvalue weighted by Crippen LogP contribution is -2.51. The van der Waals surface area contributed by atoms with Crippen molar-refractivity contribution in [1.29, 1.82) is 0 Å². The smallest absolute Gasteiger partial charge is 0.475 e. The molecule has 0 aliphatic carbocycles. The summed E-state index contributed by atoms with van der Waals surface area (Å²) < 4.78 is 64.4. The highest BCUT2D eigenvalue weighted by atomic mass is 79.9. The molecule has 1 saturated heterocycles. The van der Waals surface area contributed by atoms with Crippen molar-refractivity contribution in [3.05, 3.63) is 70.5 Å². The highest BCUT2D eigenvalue weighted by Gasteiger charge is 2.39. The van der Waals surface area contributed by atoms with E-state index in [1.165, 1.54) is 16.6 Å². The fourth-order valence-electron chi connectivity index (χ4n) is 3.86. The molecule has 1 fully saturated rings. The number of aromatic nitrogens is 1. The number of pyridine rings is 1. The van der Waals surface area contributed by atoms with Crippen LogP contribution in [0.4, 0.5) is 32.0 Å². The molecule has 1 aromatic heterocycles. The number of fused-ring (bicyclic) bond motifs is 1. The Kier molecular flexibility index (Phi) is 11.7. The molecule has 42 heavy (non-hydrogen) atoms. The minimum absolute atomic E-state index is 0.0175.